The van der Waals surface area contributed by atoms with Crippen LogP contribution < -0.4 is 10.6 Å². The van der Waals surface area contributed by atoms with Crippen molar-refractivity contribution in [2.24, 2.45) is 0 Å². The maximum atomic E-state index is 13.2. The van der Waals surface area contributed by atoms with Gasteiger partial charge in [-0.1, -0.05) is 38.0 Å². The maximum absolute atomic E-state index is 13.2. The van der Waals surface area contributed by atoms with Crippen LogP contribution in [-0.2, 0) is 14.3 Å². The largest absolute Gasteiger partial charge is 0.444 e. The molecule has 0 aliphatic rings. The van der Waals surface area contributed by atoms with E-state index in [2.05, 4.69) is 30.2 Å². The van der Waals surface area contributed by atoms with E-state index in [1.807, 2.05) is 32.0 Å². The summed E-state index contributed by atoms with van der Waals surface area (Å²) in [6.45, 7) is 11.8. The van der Waals surface area contributed by atoms with Crippen molar-refractivity contribution < 1.29 is 19.1 Å². The molecule has 0 spiro atoms. The van der Waals surface area contributed by atoms with E-state index in [4.69, 9.17) is 4.74 Å². The number of nitrogens with one attached hydrogen (secondary N) is 2. The van der Waals surface area contributed by atoms with Gasteiger partial charge >= 0.3 is 6.09 Å². The second-order valence-electron chi connectivity index (χ2n) is 9.07. The number of likely N-dealkylation sites (N-methyl/N-ethyl adjacent to an activating group) is 1. The summed E-state index contributed by atoms with van der Waals surface area (Å²) < 4.78 is 5.26. The normalized spacial score (nSPS) is 13.1. The average molecular weight is 466 g/mol. The van der Waals surface area contributed by atoms with Crippen LogP contribution in [0.15, 0.2) is 18.2 Å². The first kappa shape index (κ1) is 27.8. The summed E-state index contributed by atoms with van der Waals surface area (Å²) in [6.07, 6.45) is 2.24. The molecule has 0 saturated carbocycles. The van der Waals surface area contributed by atoms with Gasteiger partial charge in [-0.25, -0.2) is 4.79 Å². The van der Waals surface area contributed by atoms with Crippen molar-refractivity contribution >= 4 is 30.5 Å². The molecule has 7 nitrogen and oxygen atoms in total. The number of carbonyl (C=O) groups excluding carboxylic acids is 3. The van der Waals surface area contributed by atoms with Gasteiger partial charge in [0.05, 0.1) is 0 Å². The number of hydrogen-bond donors (Lipinski definition) is 3. The summed E-state index contributed by atoms with van der Waals surface area (Å²) in [6, 6.07) is 3.97. The van der Waals surface area contributed by atoms with E-state index in [1.165, 1.54) is 4.90 Å². The number of nitrogens with zero attached hydrogens (tertiary/aromatic N) is 1. The zero-order valence-electron chi connectivity index (χ0n) is 20.4. The number of thiol groups is 1. The lowest BCUT2D eigenvalue weighted by Gasteiger charge is -2.31. The lowest BCUT2D eigenvalue weighted by molar-refractivity contribution is -0.140. The van der Waals surface area contributed by atoms with Crippen LogP contribution in [0.5, 0.6) is 0 Å². The molecular formula is C24H39N3O4S. The van der Waals surface area contributed by atoms with Crippen LogP contribution in [0.25, 0.3) is 0 Å². The second kappa shape index (κ2) is 12.7. The zero-order chi connectivity index (χ0) is 24.5. The molecule has 0 aliphatic heterocycles. The lowest BCUT2D eigenvalue weighted by atomic mass is 9.99. The van der Waals surface area contributed by atoms with Gasteiger partial charge in [-0.2, -0.15) is 12.6 Å². The molecule has 32 heavy (non-hydrogen) atoms. The van der Waals surface area contributed by atoms with Crippen molar-refractivity contribution in [3.63, 3.8) is 0 Å². The van der Waals surface area contributed by atoms with E-state index in [1.54, 1.807) is 27.8 Å². The lowest BCUT2D eigenvalue weighted by Crippen LogP contribution is -2.52. The molecule has 0 aliphatic carbocycles. The molecular weight excluding hydrogens is 426 g/mol. The number of carbonyl (C=O) groups is 3. The monoisotopic (exact) mass is 465 g/mol. The van der Waals surface area contributed by atoms with Gasteiger partial charge in [-0.15, -0.1) is 0 Å². The highest BCUT2D eigenvalue weighted by atomic mass is 32.1. The van der Waals surface area contributed by atoms with Crippen LogP contribution in [0.1, 0.15) is 69.7 Å². The number of unbranched alkanes of at least 4 members (excludes halogenated alkanes) is 2. The van der Waals surface area contributed by atoms with Gasteiger partial charge in [0.2, 0.25) is 11.8 Å². The summed E-state index contributed by atoms with van der Waals surface area (Å²) in [5, 5.41) is 5.52. The summed E-state index contributed by atoms with van der Waals surface area (Å²) in [5.41, 5.74) is 2.15. The topological polar surface area (TPSA) is 87.7 Å². The quantitative estimate of drug-likeness (QED) is 0.361. The molecule has 0 saturated heterocycles. The summed E-state index contributed by atoms with van der Waals surface area (Å²) >= 11 is 4.23. The number of ether oxygens (including phenoxy) is 1. The van der Waals surface area contributed by atoms with Crippen LogP contribution in [-0.4, -0.2) is 53.8 Å². The minimum atomic E-state index is -0.930. The van der Waals surface area contributed by atoms with Gasteiger partial charge in [0.1, 0.15) is 17.7 Å². The Bertz CT molecular complexity index is 792. The predicted molar refractivity (Wildman–Crippen MR) is 131 cm³/mol. The van der Waals surface area contributed by atoms with E-state index >= 15 is 0 Å². The van der Waals surface area contributed by atoms with Gasteiger partial charge in [0.25, 0.3) is 0 Å². The first-order chi connectivity index (χ1) is 14.9. The van der Waals surface area contributed by atoms with E-state index in [-0.39, 0.29) is 11.7 Å². The van der Waals surface area contributed by atoms with Gasteiger partial charge in [0.15, 0.2) is 0 Å². The van der Waals surface area contributed by atoms with E-state index in [0.29, 0.717) is 12.1 Å². The van der Waals surface area contributed by atoms with Crippen LogP contribution in [0.3, 0.4) is 0 Å². The molecule has 2 N–H and O–H groups in total. The Kier molecular flexibility index (Phi) is 11.1. The minimum Gasteiger partial charge on any atom is -0.444 e. The van der Waals surface area contributed by atoms with E-state index in [9.17, 15) is 14.4 Å². The molecule has 0 bridgehead atoms. The van der Waals surface area contributed by atoms with Gasteiger partial charge in [0, 0.05) is 19.3 Å². The smallest absolute Gasteiger partial charge is 0.408 e. The third-order valence-corrected chi connectivity index (χ3v) is 5.45. The van der Waals surface area contributed by atoms with Crippen LogP contribution in [0.2, 0.25) is 0 Å². The van der Waals surface area contributed by atoms with Crippen LogP contribution >= 0.6 is 12.6 Å². The van der Waals surface area contributed by atoms with Gasteiger partial charge in [-0.05, 0) is 57.7 Å². The third kappa shape index (κ3) is 8.73. The maximum Gasteiger partial charge on any atom is 0.408 e. The number of alkyl carbamates (subject to hydrolysis) is 1. The minimum absolute atomic E-state index is 0.0696. The Hall–Kier alpha value is -2.22. The highest BCUT2D eigenvalue weighted by molar-refractivity contribution is 7.80. The summed E-state index contributed by atoms with van der Waals surface area (Å²) in [7, 11) is 1.57. The van der Waals surface area contributed by atoms with Crippen molar-refractivity contribution in [2.45, 2.75) is 78.5 Å². The molecule has 1 aromatic rings. The number of aryl methyl sites for hydroxylation is 2. The molecule has 0 fully saturated rings. The fraction of sp³-hybridized carbons (Fsp3) is 0.625. The molecule has 3 amide bonds. The molecule has 0 aromatic heterocycles. The van der Waals surface area contributed by atoms with E-state index < -0.39 is 29.7 Å². The highest BCUT2D eigenvalue weighted by Gasteiger charge is 2.33. The Labute approximate surface area is 198 Å². The molecule has 2 atom stereocenters. The molecule has 2 unspecified atom stereocenters. The van der Waals surface area contributed by atoms with Crippen LogP contribution in [0.4, 0.5) is 4.79 Å². The fourth-order valence-electron chi connectivity index (χ4n) is 3.18. The molecule has 0 radical (unpaired) electrons. The Balaban J connectivity index is 3.12. The van der Waals surface area contributed by atoms with Crippen molar-refractivity contribution in [3.05, 3.63) is 34.9 Å². The molecule has 8 heteroatoms. The average Bonchev–Trinajstić information content (AvgIpc) is 2.70. The number of rotatable bonds is 10. The van der Waals surface area contributed by atoms with Gasteiger partial charge < -0.3 is 20.3 Å². The number of hydrogen-bond acceptors (Lipinski definition) is 5. The van der Waals surface area contributed by atoms with Crippen molar-refractivity contribution in [3.8, 4) is 0 Å². The summed E-state index contributed by atoms with van der Waals surface area (Å²) in [5.74, 6) is -0.603. The standard InChI is InChI=1S/C24H39N3O4S/c1-8-9-10-13-25-21(28)20(18-12-11-16(2)17(3)14-18)27(7)22(29)19(15-32)26-23(30)31-24(4,5)6/h11-12,14,19-20,32H,8-10,13,15H2,1-7H3,(H,25,28)(H,26,30). The van der Waals surface area contributed by atoms with Crippen LogP contribution in [0, 0.1) is 13.8 Å². The van der Waals surface area contributed by atoms with Crippen molar-refractivity contribution in [1.82, 2.24) is 15.5 Å². The Morgan fingerprint density at radius 3 is 2.31 bits per heavy atom. The summed E-state index contributed by atoms with van der Waals surface area (Å²) in [4.78, 5) is 40.0. The van der Waals surface area contributed by atoms with Gasteiger partial charge in [-0.3, -0.25) is 9.59 Å². The first-order valence-electron chi connectivity index (χ1n) is 11.1. The predicted octanol–water partition coefficient (Wildman–Crippen LogP) is 3.93. The van der Waals surface area contributed by atoms with E-state index in [0.717, 1.165) is 30.4 Å². The highest BCUT2D eigenvalue weighted by Crippen LogP contribution is 2.23. The first-order valence-corrected chi connectivity index (χ1v) is 11.8. The fourth-order valence-corrected chi connectivity index (χ4v) is 3.42. The molecule has 1 rings (SSSR count). The Morgan fingerprint density at radius 1 is 1.12 bits per heavy atom. The zero-order valence-corrected chi connectivity index (χ0v) is 21.3. The third-order valence-electron chi connectivity index (χ3n) is 5.08. The van der Waals surface area contributed by atoms with Crippen molar-refractivity contribution in [2.75, 3.05) is 19.3 Å². The Morgan fingerprint density at radius 2 is 1.78 bits per heavy atom. The second-order valence-corrected chi connectivity index (χ2v) is 9.44. The SMILES string of the molecule is CCCCCNC(=O)C(c1ccc(C)c(C)c1)N(C)C(=O)C(CS)NC(=O)OC(C)(C)C. The molecule has 1 aromatic carbocycles. The number of amides is 3. The molecule has 180 valence electrons. The number of benzene rings is 1. The van der Waals surface area contributed by atoms with Crippen molar-refractivity contribution in [1.29, 1.82) is 0 Å². The molecule has 0 heterocycles.